The molecule has 1 atom stereocenters. The zero-order chi connectivity index (χ0) is 11.7. The van der Waals surface area contributed by atoms with E-state index in [9.17, 15) is 0 Å². The van der Waals surface area contributed by atoms with Gasteiger partial charge < -0.3 is 10.6 Å². The highest BCUT2D eigenvalue weighted by Crippen LogP contribution is 2.08. The van der Waals surface area contributed by atoms with E-state index in [1.165, 1.54) is 38.8 Å². The van der Waals surface area contributed by atoms with Crippen molar-refractivity contribution in [2.24, 2.45) is 5.73 Å². The predicted molar refractivity (Wildman–Crippen MR) is 72.3 cm³/mol. The molecule has 90 valence electrons. The number of hydrogen-bond donors (Lipinski definition) is 1. The fourth-order valence-corrected chi connectivity index (χ4v) is 1.94. The second kappa shape index (κ2) is 9.10. The van der Waals surface area contributed by atoms with Gasteiger partial charge in [-0.25, -0.2) is 0 Å². The van der Waals surface area contributed by atoms with E-state index in [1.54, 1.807) is 0 Å². The van der Waals surface area contributed by atoms with E-state index in [-0.39, 0.29) is 0 Å². The van der Waals surface area contributed by atoms with Crippen LogP contribution in [0.4, 0.5) is 0 Å². The maximum atomic E-state index is 5.59. The number of rotatable bonds is 9. The molecule has 0 amide bonds. The first kappa shape index (κ1) is 14.8. The summed E-state index contributed by atoms with van der Waals surface area (Å²) in [4.78, 5) is 3.16. The van der Waals surface area contributed by atoms with Crippen molar-refractivity contribution in [1.82, 2.24) is 4.90 Å². The summed E-state index contributed by atoms with van der Waals surface area (Å²) < 4.78 is 0. The molecule has 0 heterocycles. The highest BCUT2D eigenvalue weighted by atomic mass is 32.1. The summed E-state index contributed by atoms with van der Waals surface area (Å²) >= 11 is 4.97. The molecule has 1 unspecified atom stereocenters. The van der Waals surface area contributed by atoms with E-state index >= 15 is 0 Å². The van der Waals surface area contributed by atoms with Gasteiger partial charge in [0, 0.05) is 12.5 Å². The summed E-state index contributed by atoms with van der Waals surface area (Å²) in [6.07, 6.45) is 5.89. The van der Waals surface area contributed by atoms with Gasteiger partial charge in [0.1, 0.15) is 0 Å². The van der Waals surface area contributed by atoms with Crippen molar-refractivity contribution in [3.8, 4) is 0 Å². The molecular formula is C12H26N2S. The summed E-state index contributed by atoms with van der Waals surface area (Å²) in [6.45, 7) is 9.05. The van der Waals surface area contributed by atoms with Crippen molar-refractivity contribution in [3.63, 3.8) is 0 Å². The minimum atomic E-state index is 0.501. The second-order valence-electron chi connectivity index (χ2n) is 4.26. The van der Waals surface area contributed by atoms with Crippen LogP contribution in [0.5, 0.6) is 0 Å². The first-order valence-corrected chi connectivity index (χ1v) is 6.55. The molecule has 0 aromatic carbocycles. The molecule has 0 saturated carbocycles. The highest BCUT2D eigenvalue weighted by molar-refractivity contribution is 7.80. The van der Waals surface area contributed by atoms with Gasteiger partial charge in [-0.1, -0.05) is 38.9 Å². The van der Waals surface area contributed by atoms with Crippen LogP contribution in [0.3, 0.4) is 0 Å². The quantitative estimate of drug-likeness (QED) is 0.618. The Morgan fingerprint density at radius 2 is 1.67 bits per heavy atom. The van der Waals surface area contributed by atoms with Crippen LogP contribution >= 0.6 is 12.2 Å². The number of hydrogen-bond acceptors (Lipinski definition) is 2. The molecule has 0 rings (SSSR count). The Bertz CT molecular complexity index is 163. The zero-order valence-electron chi connectivity index (χ0n) is 10.5. The van der Waals surface area contributed by atoms with Gasteiger partial charge in [-0.3, -0.25) is 0 Å². The number of nitrogens with zero attached hydrogens (tertiary/aromatic N) is 1. The lowest BCUT2D eigenvalue weighted by Crippen LogP contribution is -2.37. The first-order valence-electron chi connectivity index (χ1n) is 6.14. The van der Waals surface area contributed by atoms with Gasteiger partial charge >= 0.3 is 0 Å². The molecule has 15 heavy (non-hydrogen) atoms. The smallest absolute Gasteiger partial charge is 0.0742 e. The topological polar surface area (TPSA) is 29.3 Å². The molecule has 0 aromatic rings. The third kappa shape index (κ3) is 7.74. The van der Waals surface area contributed by atoms with E-state index in [0.717, 1.165) is 6.42 Å². The first-order chi connectivity index (χ1) is 7.11. The van der Waals surface area contributed by atoms with Gasteiger partial charge in [-0.15, -0.1) is 0 Å². The van der Waals surface area contributed by atoms with Crippen molar-refractivity contribution in [1.29, 1.82) is 0 Å². The lowest BCUT2D eigenvalue weighted by Gasteiger charge is -2.28. The number of thiocarbonyl (C=S) groups is 1. The van der Waals surface area contributed by atoms with Crippen molar-refractivity contribution < 1.29 is 0 Å². The molecule has 2 nitrogen and oxygen atoms in total. The van der Waals surface area contributed by atoms with Crippen molar-refractivity contribution in [3.05, 3.63) is 0 Å². The maximum Gasteiger partial charge on any atom is 0.0742 e. The average Bonchev–Trinajstić information content (AvgIpc) is 2.17. The van der Waals surface area contributed by atoms with Crippen LogP contribution < -0.4 is 5.73 Å². The molecule has 0 fully saturated rings. The van der Waals surface area contributed by atoms with Crippen LogP contribution in [0.2, 0.25) is 0 Å². The predicted octanol–water partition coefficient (Wildman–Crippen LogP) is 2.95. The largest absolute Gasteiger partial charge is 0.393 e. The normalized spacial score (nSPS) is 13.1. The Labute approximate surface area is 100 Å². The van der Waals surface area contributed by atoms with E-state index in [0.29, 0.717) is 11.0 Å². The van der Waals surface area contributed by atoms with E-state index in [2.05, 4.69) is 25.7 Å². The van der Waals surface area contributed by atoms with Crippen molar-refractivity contribution >= 4 is 17.2 Å². The van der Waals surface area contributed by atoms with E-state index in [1.807, 2.05) is 0 Å². The lowest BCUT2D eigenvalue weighted by atomic mass is 10.1. The Hall–Kier alpha value is -0.150. The van der Waals surface area contributed by atoms with Crippen LogP contribution in [0.1, 0.15) is 52.9 Å². The Morgan fingerprint density at radius 1 is 1.20 bits per heavy atom. The third-order valence-corrected chi connectivity index (χ3v) is 2.88. The molecular weight excluding hydrogens is 204 g/mol. The fourth-order valence-electron chi connectivity index (χ4n) is 1.70. The highest BCUT2D eigenvalue weighted by Gasteiger charge is 2.13. The molecule has 0 radical (unpaired) electrons. The second-order valence-corrected chi connectivity index (χ2v) is 4.79. The minimum Gasteiger partial charge on any atom is -0.393 e. The summed E-state index contributed by atoms with van der Waals surface area (Å²) in [7, 11) is 0. The minimum absolute atomic E-state index is 0.501. The third-order valence-electron chi connectivity index (χ3n) is 2.72. The monoisotopic (exact) mass is 230 g/mol. The molecule has 0 aliphatic rings. The Morgan fingerprint density at radius 3 is 2.00 bits per heavy atom. The van der Waals surface area contributed by atoms with Crippen LogP contribution in [0, 0.1) is 0 Å². The molecule has 0 saturated heterocycles. The average molecular weight is 230 g/mol. The Kier molecular flexibility index (Phi) is 9.01. The molecule has 0 aromatic heterocycles. The summed E-state index contributed by atoms with van der Waals surface area (Å²) in [5.74, 6) is 0. The van der Waals surface area contributed by atoms with Crippen LogP contribution in [-0.4, -0.2) is 29.0 Å². The van der Waals surface area contributed by atoms with E-state index in [4.69, 9.17) is 18.0 Å². The van der Waals surface area contributed by atoms with Gasteiger partial charge in [-0.2, -0.15) is 0 Å². The standard InChI is InChI=1S/C12H26N2S/c1-4-6-8-14(9-7-5-2)11(3)10-12(13)15/h11H,4-10H2,1-3H3,(H2,13,15). The van der Waals surface area contributed by atoms with E-state index < -0.39 is 0 Å². The molecule has 0 bridgehead atoms. The SMILES string of the molecule is CCCCN(CCCC)C(C)CC(N)=S. The lowest BCUT2D eigenvalue weighted by molar-refractivity contribution is 0.207. The Balaban J connectivity index is 4.00. The summed E-state index contributed by atoms with van der Waals surface area (Å²) in [5, 5.41) is 0. The van der Waals surface area contributed by atoms with Crippen LogP contribution in [-0.2, 0) is 0 Å². The number of nitrogens with two attached hydrogens (primary N) is 1. The molecule has 2 N–H and O–H groups in total. The van der Waals surface area contributed by atoms with Crippen molar-refractivity contribution in [2.75, 3.05) is 13.1 Å². The van der Waals surface area contributed by atoms with Gasteiger partial charge in [0.15, 0.2) is 0 Å². The maximum absolute atomic E-state index is 5.59. The van der Waals surface area contributed by atoms with Gasteiger partial charge in [0.2, 0.25) is 0 Å². The number of unbranched alkanes of at least 4 members (excludes halogenated alkanes) is 2. The van der Waals surface area contributed by atoms with Gasteiger partial charge in [0.05, 0.1) is 4.99 Å². The molecule has 3 heteroatoms. The summed E-state index contributed by atoms with van der Waals surface area (Å²) in [6, 6.07) is 0.501. The molecule has 0 aliphatic carbocycles. The molecule has 0 aliphatic heterocycles. The van der Waals surface area contributed by atoms with Gasteiger partial charge in [0.25, 0.3) is 0 Å². The molecule has 0 spiro atoms. The fraction of sp³-hybridized carbons (Fsp3) is 0.917. The van der Waals surface area contributed by atoms with Crippen LogP contribution in [0.25, 0.3) is 0 Å². The van der Waals surface area contributed by atoms with Crippen molar-refractivity contribution in [2.45, 2.75) is 58.9 Å². The summed E-state index contributed by atoms with van der Waals surface area (Å²) in [5.41, 5.74) is 5.59. The van der Waals surface area contributed by atoms with Crippen LogP contribution in [0.15, 0.2) is 0 Å². The zero-order valence-corrected chi connectivity index (χ0v) is 11.3. The van der Waals surface area contributed by atoms with Gasteiger partial charge in [-0.05, 0) is 32.9 Å².